The van der Waals surface area contributed by atoms with E-state index in [1.54, 1.807) is 6.20 Å². The lowest BCUT2D eigenvalue weighted by Crippen LogP contribution is -2.37. The Morgan fingerprint density at radius 1 is 1.32 bits per heavy atom. The number of imide groups is 1. The van der Waals surface area contributed by atoms with Crippen molar-refractivity contribution in [3.05, 3.63) is 30.1 Å². The third-order valence-electron chi connectivity index (χ3n) is 3.71. The number of nitrogens with zero attached hydrogens (tertiary/aromatic N) is 3. The normalized spacial score (nSPS) is 18.0. The number of nitrogens with one attached hydrogen (secondary N) is 1. The van der Waals surface area contributed by atoms with E-state index in [0.29, 0.717) is 6.54 Å². The van der Waals surface area contributed by atoms with Crippen molar-refractivity contribution in [2.45, 2.75) is 25.3 Å². The highest BCUT2D eigenvalue weighted by Gasteiger charge is 2.41. The number of amides is 4. The molecule has 7 nitrogen and oxygen atoms in total. The van der Waals surface area contributed by atoms with Crippen molar-refractivity contribution in [2.75, 3.05) is 20.6 Å². The van der Waals surface area contributed by atoms with Crippen LogP contribution in [0.3, 0.4) is 0 Å². The second-order valence-electron chi connectivity index (χ2n) is 5.29. The molecule has 1 aliphatic rings. The number of pyridine rings is 1. The van der Waals surface area contributed by atoms with E-state index in [2.05, 4.69) is 10.3 Å². The molecule has 2 rings (SSSR count). The van der Waals surface area contributed by atoms with Gasteiger partial charge in [-0.1, -0.05) is 6.07 Å². The number of aromatic nitrogens is 1. The fourth-order valence-electron chi connectivity index (χ4n) is 2.37. The smallest absolute Gasteiger partial charge is 0.326 e. The summed E-state index contributed by atoms with van der Waals surface area (Å²) >= 11 is 0. The first-order valence-electron chi connectivity index (χ1n) is 7.21. The van der Waals surface area contributed by atoms with Crippen LogP contribution in [0.1, 0.15) is 18.5 Å². The molecule has 0 spiro atoms. The predicted molar refractivity (Wildman–Crippen MR) is 79.9 cm³/mol. The Balaban J connectivity index is 1.72. The Bertz CT molecular complexity index is 561. The molecule has 7 heteroatoms. The maximum atomic E-state index is 11.9. The van der Waals surface area contributed by atoms with Gasteiger partial charge in [0.1, 0.15) is 6.04 Å². The van der Waals surface area contributed by atoms with Crippen molar-refractivity contribution in [3.63, 3.8) is 0 Å². The van der Waals surface area contributed by atoms with Gasteiger partial charge in [0.15, 0.2) is 0 Å². The molecule has 1 aliphatic heterocycles. The number of hydrogen-bond acceptors (Lipinski definition) is 4. The van der Waals surface area contributed by atoms with Gasteiger partial charge < -0.3 is 10.2 Å². The molecular weight excluding hydrogens is 284 g/mol. The SMILES string of the molecule is CN1C(=O)[C@@H](CC(=O)NCCCc2ccccn2)N(C)C1=O. The van der Waals surface area contributed by atoms with Gasteiger partial charge in [0.25, 0.3) is 5.91 Å². The van der Waals surface area contributed by atoms with E-state index < -0.39 is 6.04 Å². The number of urea groups is 1. The monoisotopic (exact) mass is 304 g/mol. The van der Waals surface area contributed by atoms with Crippen LogP contribution in [0.15, 0.2) is 24.4 Å². The van der Waals surface area contributed by atoms with Crippen molar-refractivity contribution in [1.29, 1.82) is 0 Å². The van der Waals surface area contributed by atoms with Crippen LogP contribution in [0.25, 0.3) is 0 Å². The summed E-state index contributed by atoms with van der Waals surface area (Å²) in [5, 5.41) is 2.78. The Morgan fingerprint density at radius 2 is 2.09 bits per heavy atom. The second kappa shape index (κ2) is 7.02. The number of hydrogen-bond donors (Lipinski definition) is 1. The lowest BCUT2D eigenvalue weighted by atomic mass is 10.1. The van der Waals surface area contributed by atoms with E-state index in [9.17, 15) is 14.4 Å². The molecular formula is C15H20N4O3. The van der Waals surface area contributed by atoms with E-state index in [-0.39, 0.29) is 24.3 Å². The fourth-order valence-corrected chi connectivity index (χ4v) is 2.37. The van der Waals surface area contributed by atoms with Gasteiger partial charge >= 0.3 is 6.03 Å². The van der Waals surface area contributed by atoms with E-state index in [1.807, 2.05) is 18.2 Å². The van der Waals surface area contributed by atoms with Gasteiger partial charge in [-0.05, 0) is 25.0 Å². The third-order valence-corrected chi connectivity index (χ3v) is 3.71. The van der Waals surface area contributed by atoms with E-state index in [4.69, 9.17) is 0 Å². The summed E-state index contributed by atoms with van der Waals surface area (Å²) in [6.07, 6.45) is 3.29. The van der Waals surface area contributed by atoms with Gasteiger partial charge in [0, 0.05) is 32.5 Å². The first kappa shape index (κ1) is 15.9. The van der Waals surface area contributed by atoms with E-state index >= 15 is 0 Å². The Morgan fingerprint density at radius 3 is 2.68 bits per heavy atom. The Hall–Kier alpha value is -2.44. The molecule has 2 heterocycles. The Labute approximate surface area is 129 Å². The summed E-state index contributed by atoms with van der Waals surface area (Å²) in [6.45, 7) is 0.518. The van der Waals surface area contributed by atoms with Crippen LogP contribution in [0.5, 0.6) is 0 Å². The van der Waals surface area contributed by atoms with Crippen molar-refractivity contribution < 1.29 is 14.4 Å². The summed E-state index contributed by atoms with van der Waals surface area (Å²) in [5.41, 5.74) is 0.981. The van der Waals surface area contributed by atoms with Crippen LogP contribution in [0, 0.1) is 0 Å². The number of aryl methyl sites for hydroxylation is 1. The van der Waals surface area contributed by atoms with Crippen molar-refractivity contribution in [1.82, 2.24) is 20.1 Å². The Kier molecular flexibility index (Phi) is 5.08. The maximum absolute atomic E-state index is 11.9. The molecule has 1 fully saturated rings. The van der Waals surface area contributed by atoms with Crippen molar-refractivity contribution >= 4 is 17.8 Å². The minimum atomic E-state index is -0.701. The highest BCUT2D eigenvalue weighted by Crippen LogP contribution is 2.16. The highest BCUT2D eigenvalue weighted by molar-refractivity contribution is 6.05. The first-order valence-corrected chi connectivity index (χ1v) is 7.21. The average molecular weight is 304 g/mol. The molecule has 1 aromatic heterocycles. The molecule has 22 heavy (non-hydrogen) atoms. The molecule has 0 saturated carbocycles. The first-order chi connectivity index (χ1) is 10.5. The van der Waals surface area contributed by atoms with Gasteiger partial charge in [-0.25, -0.2) is 4.79 Å². The van der Waals surface area contributed by atoms with Gasteiger partial charge in [0.05, 0.1) is 6.42 Å². The van der Waals surface area contributed by atoms with Gasteiger partial charge in [-0.15, -0.1) is 0 Å². The molecule has 0 radical (unpaired) electrons. The summed E-state index contributed by atoms with van der Waals surface area (Å²) in [5.74, 6) is -0.564. The number of carbonyl (C=O) groups excluding carboxylic acids is 3. The van der Waals surface area contributed by atoms with Crippen LogP contribution in [0.2, 0.25) is 0 Å². The molecule has 1 N–H and O–H groups in total. The number of rotatable bonds is 6. The zero-order chi connectivity index (χ0) is 16.1. The second-order valence-corrected chi connectivity index (χ2v) is 5.29. The molecule has 4 amide bonds. The van der Waals surface area contributed by atoms with Crippen LogP contribution in [-0.4, -0.2) is 59.3 Å². The van der Waals surface area contributed by atoms with Gasteiger partial charge in [-0.3, -0.25) is 19.5 Å². The molecule has 118 valence electrons. The number of carbonyl (C=O) groups is 3. The summed E-state index contributed by atoms with van der Waals surface area (Å²) in [4.78, 5) is 41.9. The molecule has 0 aliphatic carbocycles. The summed E-state index contributed by atoms with van der Waals surface area (Å²) < 4.78 is 0. The van der Waals surface area contributed by atoms with Crippen molar-refractivity contribution in [3.8, 4) is 0 Å². The molecule has 0 unspecified atom stereocenters. The van der Waals surface area contributed by atoms with Gasteiger partial charge in [-0.2, -0.15) is 0 Å². The number of likely N-dealkylation sites (N-methyl/N-ethyl adjacent to an activating group) is 2. The largest absolute Gasteiger partial charge is 0.356 e. The standard InChI is InChI=1S/C15H20N4O3/c1-18-12(14(21)19(2)15(18)22)10-13(20)17-9-5-7-11-6-3-4-8-16-11/h3-4,6,8,12H,5,7,9-10H2,1-2H3,(H,17,20)/t12-/m1/s1. The zero-order valence-corrected chi connectivity index (χ0v) is 12.8. The predicted octanol–water partition coefficient (Wildman–Crippen LogP) is 0.413. The highest BCUT2D eigenvalue weighted by atomic mass is 16.2. The minimum absolute atomic E-state index is 0.00496. The van der Waals surface area contributed by atoms with Crippen LogP contribution >= 0.6 is 0 Å². The van der Waals surface area contributed by atoms with Gasteiger partial charge in [0.2, 0.25) is 5.91 Å². The minimum Gasteiger partial charge on any atom is -0.356 e. The topological polar surface area (TPSA) is 82.6 Å². The quantitative estimate of drug-likeness (QED) is 0.609. The van der Waals surface area contributed by atoms with Crippen LogP contribution in [0.4, 0.5) is 4.79 Å². The zero-order valence-electron chi connectivity index (χ0n) is 12.8. The molecule has 1 saturated heterocycles. The fraction of sp³-hybridized carbons (Fsp3) is 0.467. The molecule has 1 aromatic rings. The van der Waals surface area contributed by atoms with E-state index in [1.165, 1.54) is 19.0 Å². The molecule has 0 bridgehead atoms. The summed E-state index contributed by atoms with van der Waals surface area (Å²) in [7, 11) is 2.95. The molecule has 1 atom stereocenters. The average Bonchev–Trinajstić information content (AvgIpc) is 2.70. The maximum Gasteiger partial charge on any atom is 0.326 e. The summed E-state index contributed by atoms with van der Waals surface area (Å²) in [6, 6.07) is 4.65. The lowest BCUT2D eigenvalue weighted by Gasteiger charge is -2.15. The van der Waals surface area contributed by atoms with Crippen molar-refractivity contribution in [2.24, 2.45) is 0 Å². The van der Waals surface area contributed by atoms with Crippen LogP contribution in [-0.2, 0) is 16.0 Å². The molecule has 0 aromatic carbocycles. The van der Waals surface area contributed by atoms with Crippen LogP contribution < -0.4 is 5.32 Å². The third kappa shape index (κ3) is 3.60. The van der Waals surface area contributed by atoms with E-state index in [0.717, 1.165) is 23.4 Å². The lowest BCUT2D eigenvalue weighted by molar-refractivity contribution is -0.131.